The van der Waals surface area contributed by atoms with Crippen LogP contribution in [-0.4, -0.2) is 36.7 Å². The maximum Gasteiger partial charge on any atom is 0.339 e. The van der Waals surface area contributed by atoms with E-state index in [9.17, 15) is 9.90 Å². The third kappa shape index (κ3) is 4.00. The van der Waals surface area contributed by atoms with Crippen molar-refractivity contribution in [2.75, 3.05) is 24.9 Å². The van der Waals surface area contributed by atoms with Crippen molar-refractivity contribution in [3.05, 3.63) is 26.8 Å². The topological polar surface area (TPSA) is 58.6 Å². The molecule has 0 amide bonds. The lowest BCUT2D eigenvalue weighted by atomic mass is 10.1. The molecule has 0 saturated heterocycles. The van der Waals surface area contributed by atoms with Crippen LogP contribution in [0.1, 0.15) is 15.9 Å². The van der Waals surface area contributed by atoms with Gasteiger partial charge in [0.1, 0.15) is 0 Å². The van der Waals surface area contributed by atoms with Crippen LogP contribution >= 0.6 is 34.2 Å². The molecule has 0 aliphatic heterocycles. The molecule has 0 aliphatic rings. The first-order chi connectivity index (χ1) is 8.49. The van der Waals surface area contributed by atoms with Gasteiger partial charge >= 0.3 is 5.97 Å². The lowest BCUT2D eigenvalue weighted by Crippen LogP contribution is -2.22. The second-order valence-corrected chi connectivity index (χ2v) is 5.30. The van der Waals surface area contributed by atoms with E-state index in [0.717, 1.165) is 9.13 Å². The number of nitrogens with one attached hydrogen (secondary N) is 1. The molecule has 0 spiro atoms. The number of carbonyl (C=O) groups is 1. The molecule has 4 nitrogen and oxygen atoms in total. The molecule has 1 rings (SSSR count). The van der Waals surface area contributed by atoms with E-state index in [1.165, 1.54) is 7.11 Å². The fourth-order valence-electron chi connectivity index (χ4n) is 1.39. The molecule has 1 aromatic carbocycles. The molecule has 0 saturated carbocycles. The van der Waals surface area contributed by atoms with Crippen molar-refractivity contribution in [3.63, 3.8) is 0 Å². The van der Waals surface area contributed by atoms with Crippen LogP contribution < -0.4 is 5.32 Å². The van der Waals surface area contributed by atoms with E-state index in [1.807, 2.05) is 13.0 Å². The number of aliphatic hydroxyl groups is 1. The summed E-state index contributed by atoms with van der Waals surface area (Å²) in [5.41, 5.74) is 2.14. The monoisotopic (exact) mass is 383 g/mol. The molecule has 1 aromatic rings. The lowest BCUT2D eigenvalue weighted by molar-refractivity contribution is 0.0601. The first-order valence-corrected chi connectivity index (χ1v) is 6.97. The van der Waals surface area contributed by atoms with Gasteiger partial charge in [-0.15, -0.1) is 11.6 Å². The lowest BCUT2D eigenvalue weighted by Gasteiger charge is -2.14. The number of ether oxygens (including phenoxy) is 1. The number of halogens is 2. The summed E-state index contributed by atoms with van der Waals surface area (Å²) in [7, 11) is 1.34. The summed E-state index contributed by atoms with van der Waals surface area (Å²) >= 11 is 7.68. The Morgan fingerprint density at radius 2 is 2.28 bits per heavy atom. The van der Waals surface area contributed by atoms with Crippen LogP contribution in [0, 0.1) is 10.5 Å². The van der Waals surface area contributed by atoms with E-state index in [-0.39, 0.29) is 12.4 Å². The number of anilines is 1. The Hall–Kier alpha value is -0.530. The number of methoxy groups -OCH3 is 1. The third-order valence-electron chi connectivity index (χ3n) is 2.41. The van der Waals surface area contributed by atoms with Gasteiger partial charge in [-0.2, -0.15) is 0 Å². The fraction of sp³-hybridized carbons (Fsp3) is 0.417. The Labute approximate surface area is 125 Å². The fourth-order valence-corrected chi connectivity index (χ4v) is 1.97. The van der Waals surface area contributed by atoms with Crippen LogP contribution in [0.5, 0.6) is 0 Å². The predicted octanol–water partition coefficient (Wildman–Crippen LogP) is 2.40. The first kappa shape index (κ1) is 15.5. The molecule has 0 aliphatic carbocycles. The summed E-state index contributed by atoms with van der Waals surface area (Å²) in [4.78, 5) is 11.7. The van der Waals surface area contributed by atoms with E-state index in [2.05, 4.69) is 27.9 Å². The Bertz CT molecular complexity index is 440. The highest BCUT2D eigenvalue weighted by Crippen LogP contribution is 2.23. The highest BCUT2D eigenvalue weighted by molar-refractivity contribution is 14.1. The number of hydrogen-bond acceptors (Lipinski definition) is 4. The molecule has 0 aromatic heterocycles. The van der Waals surface area contributed by atoms with Crippen LogP contribution in [0.4, 0.5) is 5.69 Å². The van der Waals surface area contributed by atoms with Gasteiger partial charge in [-0.1, -0.05) is 0 Å². The number of aryl methyl sites for hydroxylation is 1. The van der Waals surface area contributed by atoms with Crippen molar-refractivity contribution in [2.24, 2.45) is 0 Å². The highest BCUT2D eigenvalue weighted by Gasteiger charge is 2.14. The molecular formula is C12H15ClINO3. The van der Waals surface area contributed by atoms with Crippen molar-refractivity contribution in [1.82, 2.24) is 0 Å². The zero-order valence-corrected chi connectivity index (χ0v) is 13.1. The van der Waals surface area contributed by atoms with Crippen molar-refractivity contribution in [3.8, 4) is 0 Å². The van der Waals surface area contributed by atoms with E-state index in [1.54, 1.807) is 6.07 Å². The van der Waals surface area contributed by atoms with Gasteiger partial charge in [0, 0.05) is 15.8 Å². The van der Waals surface area contributed by atoms with Crippen molar-refractivity contribution < 1.29 is 14.6 Å². The van der Waals surface area contributed by atoms with E-state index in [4.69, 9.17) is 16.3 Å². The van der Waals surface area contributed by atoms with Crippen molar-refractivity contribution in [2.45, 2.75) is 13.0 Å². The third-order valence-corrected chi connectivity index (χ3v) is 3.93. The largest absolute Gasteiger partial charge is 0.465 e. The van der Waals surface area contributed by atoms with Crippen LogP contribution in [0.15, 0.2) is 12.1 Å². The molecule has 100 valence electrons. The Morgan fingerprint density at radius 3 is 2.83 bits per heavy atom. The van der Waals surface area contributed by atoms with Crippen LogP contribution in [0.2, 0.25) is 0 Å². The predicted molar refractivity (Wildman–Crippen MR) is 80.5 cm³/mol. The molecule has 2 N–H and O–H groups in total. The SMILES string of the molecule is COC(=O)c1cc(I)c(C)cc1NCC(O)CCl. The number of esters is 1. The number of carbonyl (C=O) groups excluding carboxylic acids is 1. The van der Waals surface area contributed by atoms with Gasteiger partial charge in [-0.05, 0) is 47.2 Å². The summed E-state index contributed by atoms with van der Waals surface area (Å²) in [6.45, 7) is 2.24. The number of rotatable bonds is 5. The number of hydrogen-bond donors (Lipinski definition) is 2. The summed E-state index contributed by atoms with van der Waals surface area (Å²) in [5, 5.41) is 12.4. The smallest absolute Gasteiger partial charge is 0.339 e. The average molecular weight is 384 g/mol. The molecule has 0 bridgehead atoms. The van der Waals surface area contributed by atoms with Crippen LogP contribution in [-0.2, 0) is 4.74 Å². The Kier molecular flexibility index (Phi) is 6.17. The normalized spacial score (nSPS) is 12.1. The summed E-state index contributed by atoms with van der Waals surface area (Å²) in [5.74, 6) is -0.264. The highest BCUT2D eigenvalue weighted by atomic mass is 127. The number of alkyl halides is 1. The van der Waals surface area contributed by atoms with Crippen molar-refractivity contribution >= 4 is 45.8 Å². The zero-order valence-electron chi connectivity index (χ0n) is 10.2. The molecule has 0 heterocycles. The quantitative estimate of drug-likeness (QED) is 0.466. The van der Waals surface area contributed by atoms with Gasteiger partial charge in [0.15, 0.2) is 0 Å². The maximum atomic E-state index is 11.7. The van der Waals surface area contributed by atoms with Gasteiger partial charge in [-0.3, -0.25) is 0 Å². The molecule has 1 unspecified atom stereocenters. The number of benzene rings is 1. The second-order valence-electron chi connectivity index (χ2n) is 3.83. The minimum atomic E-state index is -0.656. The van der Waals surface area contributed by atoms with Crippen LogP contribution in [0.25, 0.3) is 0 Å². The molecule has 0 fully saturated rings. The summed E-state index contributed by atoms with van der Waals surface area (Å²) < 4.78 is 5.72. The van der Waals surface area contributed by atoms with Gasteiger partial charge in [0.25, 0.3) is 0 Å². The van der Waals surface area contributed by atoms with E-state index >= 15 is 0 Å². The van der Waals surface area contributed by atoms with Crippen LogP contribution in [0.3, 0.4) is 0 Å². The number of aliphatic hydroxyl groups excluding tert-OH is 1. The second kappa shape index (κ2) is 7.16. The average Bonchev–Trinajstić information content (AvgIpc) is 2.38. The summed E-state index contributed by atoms with van der Waals surface area (Å²) in [6.07, 6.45) is -0.656. The van der Waals surface area contributed by atoms with Crippen molar-refractivity contribution in [1.29, 1.82) is 0 Å². The maximum absolute atomic E-state index is 11.7. The molecule has 6 heteroatoms. The van der Waals surface area contributed by atoms with Gasteiger partial charge in [0.2, 0.25) is 0 Å². The molecule has 1 atom stereocenters. The minimum absolute atomic E-state index is 0.143. The standard InChI is InChI=1S/C12H15ClINO3/c1-7-3-11(15-6-8(16)5-13)9(4-10(7)14)12(17)18-2/h3-4,8,15-16H,5-6H2,1-2H3. The van der Waals surface area contributed by atoms with E-state index < -0.39 is 12.1 Å². The van der Waals surface area contributed by atoms with Gasteiger partial charge < -0.3 is 15.2 Å². The molecule has 0 radical (unpaired) electrons. The molecular weight excluding hydrogens is 368 g/mol. The van der Waals surface area contributed by atoms with E-state index in [0.29, 0.717) is 11.3 Å². The minimum Gasteiger partial charge on any atom is -0.465 e. The Balaban J connectivity index is 3.00. The summed E-state index contributed by atoms with van der Waals surface area (Å²) in [6, 6.07) is 3.62. The zero-order chi connectivity index (χ0) is 13.7. The van der Waals surface area contributed by atoms with Gasteiger partial charge in [0.05, 0.1) is 24.7 Å². The first-order valence-electron chi connectivity index (χ1n) is 5.36. The Morgan fingerprint density at radius 1 is 1.61 bits per heavy atom. The molecule has 18 heavy (non-hydrogen) atoms. The van der Waals surface area contributed by atoms with Gasteiger partial charge in [-0.25, -0.2) is 4.79 Å².